The minimum Gasteiger partial charge on any atom is -0.398 e. The molecule has 0 aliphatic carbocycles. The van der Waals surface area contributed by atoms with Crippen molar-refractivity contribution < 1.29 is 4.79 Å². The quantitative estimate of drug-likeness (QED) is 0.596. The molecule has 1 aromatic rings. The molecule has 4 nitrogen and oxygen atoms in total. The van der Waals surface area contributed by atoms with Crippen LogP contribution in [0, 0.1) is 6.92 Å². The predicted octanol–water partition coefficient (Wildman–Crippen LogP) is 1.26. The van der Waals surface area contributed by atoms with E-state index in [1.54, 1.807) is 6.07 Å². The molecule has 0 unspecified atom stereocenters. The van der Waals surface area contributed by atoms with Crippen LogP contribution in [-0.2, 0) is 0 Å². The number of hydrogen-bond donors (Lipinski definition) is 2. The van der Waals surface area contributed by atoms with Crippen LogP contribution in [0.15, 0.2) is 18.2 Å². The second-order valence-corrected chi connectivity index (χ2v) is 4.50. The van der Waals surface area contributed by atoms with Gasteiger partial charge in [0.15, 0.2) is 0 Å². The van der Waals surface area contributed by atoms with E-state index in [1.165, 1.54) is 0 Å². The smallest absolute Gasteiger partial charge is 0.253 e. The first-order valence-electron chi connectivity index (χ1n) is 5.80. The average Bonchev–Trinajstić information content (AvgIpc) is 2.23. The Morgan fingerprint density at radius 2 is 2.12 bits per heavy atom. The van der Waals surface area contributed by atoms with E-state index < -0.39 is 0 Å². The number of nitrogen functional groups attached to an aromatic ring is 1. The molecule has 0 saturated carbocycles. The molecule has 0 radical (unpaired) electrons. The molecule has 0 saturated heterocycles. The summed E-state index contributed by atoms with van der Waals surface area (Å²) in [5.41, 5.74) is 7.96. The van der Waals surface area contributed by atoms with Gasteiger partial charge in [0.05, 0.1) is 5.56 Å². The average molecular weight is 235 g/mol. The van der Waals surface area contributed by atoms with Crippen LogP contribution >= 0.6 is 0 Å². The maximum atomic E-state index is 11.8. The van der Waals surface area contributed by atoms with Crippen molar-refractivity contribution in [1.29, 1.82) is 0 Å². The highest BCUT2D eigenvalue weighted by molar-refractivity contribution is 5.99. The van der Waals surface area contributed by atoms with Gasteiger partial charge in [-0.1, -0.05) is 6.07 Å². The highest BCUT2D eigenvalue weighted by Gasteiger charge is 2.08. The molecule has 0 aromatic heterocycles. The fourth-order valence-corrected chi connectivity index (χ4v) is 1.58. The van der Waals surface area contributed by atoms with Crippen LogP contribution in [0.25, 0.3) is 0 Å². The first kappa shape index (κ1) is 13.5. The van der Waals surface area contributed by atoms with Crippen molar-refractivity contribution in [3.8, 4) is 0 Å². The number of amides is 1. The molecule has 0 aliphatic rings. The number of aryl methyl sites for hydroxylation is 1. The normalized spacial score (nSPS) is 10.6. The molecular formula is C13H21N3O. The molecule has 0 atom stereocenters. The fraction of sp³-hybridized carbons (Fsp3) is 0.462. The molecule has 4 heteroatoms. The van der Waals surface area contributed by atoms with Gasteiger partial charge < -0.3 is 16.0 Å². The number of nitrogens with two attached hydrogens (primary N) is 1. The van der Waals surface area contributed by atoms with Gasteiger partial charge in [-0.2, -0.15) is 0 Å². The summed E-state index contributed by atoms with van der Waals surface area (Å²) < 4.78 is 0. The fourth-order valence-electron chi connectivity index (χ4n) is 1.58. The molecule has 1 rings (SSSR count). The van der Waals surface area contributed by atoms with E-state index in [4.69, 9.17) is 5.73 Å². The van der Waals surface area contributed by atoms with E-state index >= 15 is 0 Å². The number of benzene rings is 1. The van der Waals surface area contributed by atoms with Crippen molar-refractivity contribution in [3.05, 3.63) is 29.3 Å². The molecule has 1 amide bonds. The van der Waals surface area contributed by atoms with Crippen LogP contribution in [0.4, 0.5) is 5.69 Å². The second kappa shape index (κ2) is 6.25. The van der Waals surface area contributed by atoms with Gasteiger partial charge in [0.2, 0.25) is 0 Å². The van der Waals surface area contributed by atoms with E-state index in [0.717, 1.165) is 18.5 Å². The lowest BCUT2D eigenvalue weighted by Gasteiger charge is -2.11. The monoisotopic (exact) mass is 235 g/mol. The highest BCUT2D eigenvalue weighted by Crippen LogP contribution is 2.13. The molecule has 0 spiro atoms. The van der Waals surface area contributed by atoms with E-state index in [1.807, 2.05) is 33.2 Å². The number of anilines is 1. The third-order valence-corrected chi connectivity index (χ3v) is 2.52. The SMILES string of the molecule is Cc1ccc(C(=O)NCCCN(C)C)c(N)c1. The van der Waals surface area contributed by atoms with Crippen LogP contribution in [-0.4, -0.2) is 38.0 Å². The summed E-state index contributed by atoms with van der Waals surface area (Å²) in [7, 11) is 4.03. The summed E-state index contributed by atoms with van der Waals surface area (Å²) in [6.07, 6.45) is 0.935. The lowest BCUT2D eigenvalue weighted by atomic mass is 10.1. The van der Waals surface area contributed by atoms with Gasteiger partial charge in [-0.05, 0) is 51.7 Å². The molecule has 3 N–H and O–H groups in total. The molecular weight excluding hydrogens is 214 g/mol. The van der Waals surface area contributed by atoms with Crippen molar-refractivity contribution in [1.82, 2.24) is 10.2 Å². The molecule has 0 heterocycles. The highest BCUT2D eigenvalue weighted by atomic mass is 16.1. The van der Waals surface area contributed by atoms with Crippen molar-refractivity contribution in [2.45, 2.75) is 13.3 Å². The van der Waals surface area contributed by atoms with Gasteiger partial charge in [-0.25, -0.2) is 0 Å². The third-order valence-electron chi connectivity index (χ3n) is 2.52. The number of carbonyl (C=O) groups is 1. The first-order chi connectivity index (χ1) is 8.00. The second-order valence-electron chi connectivity index (χ2n) is 4.50. The Labute approximate surface area is 103 Å². The van der Waals surface area contributed by atoms with Crippen molar-refractivity contribution in [2.75, 3.05) is 32.9 Å². The summed E-state index contributed by atoms with van der Waals surface area (Å²) in [5, 5.41) is 2.87. The first-order valence-corrected chi connectivity index (χ1v) is 5.80. The Bertz CT molecular complexity index is 388. The minimum absolute atomic E-state index is 0.0961. The van der Waals surface area contributed by atoms with Crippen LogP contribution in [0.5, 0.6) is 0 Å². The molecule has 0 fully saturated rings. The summed E-state index contributed by atoms with van der Waals surface area (Å²) in [6, 6.07) is 5.48. The number of hydrogen-bond acceptors (Lipinski definition) is 3. The minimum atomic E-state index is -0.0961. The zero-order valence-electron chi connectivity index (χ0n) is 10.8. The maximum Gasteiger partial charge on any atom is 0.253 e. The standard InChI is InChI=1S/C13H21N3O/c1-10-5-6-11(12(14)9-10)13(17)15-7-4-8-16(2)3/h5-6,9H,4,7-8,14H2,1-3H3,(H,15,17). The number of carbonyl (C=O) groups excluding carboxylic acids is 1. The van der Waals surface area contributed by atoms with Gasteiger partial charge in [0.1, 0.15) is 0 Å². The summed E-state index contributed by atoms with van der Waals surface area (Å²) >= 11 is 0. The van der Waals surface area contributed by atoms with Gasteiger partial charge in [-0.3, -0.25) is 4.79 Å². The lowest BCUT2D eigenvalue weighted by Crippen LogP contribution is -2.27. The Balaban J connectivity index is 2.47. The van der Waals surface area contributed by atoms with Crippen LogP contribution in [0.3, 0.4) is 0 Å². The third kappa shape index (κ3) is 4.44. The Hall–Kier alpha value is -1.55. The molecule has 0 aliphatic heterocycles. The summed E-state index contributed by atoms with van der Waals surface area (Å²) in [4.78, 5) is 13.9. The van der Waals surface area contributed by atoms with E-state index in [-0.39, 0.29) is 5.91 Å². The Morgan fingerprint density at radius 1 is 1.41 bits per heavy atom. The summed E-state index contributed by atoms with van der Waals surface area (Å²) in [5.74, 6) is -0.0961. The zero-order valence-corrected chi connectivity index (χ0v) is 10.8. The number of nitrogens with zero attached hydrogens (tertiary/aromatic N) is 1. The molecule has 0 bridgehead atoms. The van der Waals surface area contributed by atoms with E-state index in [2.05, 4.69) is 10.2 Å². The summed E-state index contributed by atoms with van der Waals surface area (Å²) in [6.45, 7) is 3.59. The largest absolute Gasteiger partial charge is 0.398 e. The lowest BCUT2D eigenvalue weighted by molar-refractivity contribution is 0.0953. The van der Waals surface area contributed by atoms with E-state index in [0.29, 0.717) is 17.8 Å². The van der Waals surface area contributed by atoms with Crippen LogP contribution in [0.1, 0.15) is 22.3 Å². The van der Waals surface area contributed by atoms with Crippen LogP contribution < -0.4 is 11.1 Å². The van der Waals surface area contributed by atoms with Gasteiger partial charge in [0, 0.05) is 12.2 Å². The molecule has 1 aromatic carbocycles. The topological polar surface area (TPSA) is 58.4 Å². The van der Waals surface area contributed by atoms with Gasteiger partial charge in [0.25, 0.3) is 5.91 Å². The van der Waals surface area contributed by atoms with E-state index in [9.17, 15) is 4.79 Å². The number of rotatable bonds is 5. The van der Waals surface area contributed by atoms with Crippen molar-refractivity contribution in [2.24, 2.45) is 0 Å². The van der Waals surface area contributed by atoms with Crippen molar-refractivity contribution >= 4 is 11.6 Å². The predicted molar refractivity (Wildman–Crippen MR) is 71.1 cm³/mol. The molecule has 17 heavy (non-hydrogen) atoms. The Kier molecular flexibility index (Phi) is 4.97. The van der Waals surface area contributed by atoms with Gasteiger partial charge in [-0.15, -0.1) is 0 Å². The van der Waals surface area contributed by atoms with Gasteiger partial charge >= 0.3 is 0 Å². The number of nitrogens with one attached hydrogen (secondary N) is 1. The van der Waals surface area contributed by atoms with Crippen LogP contribution in [0.2, 0.25) is 0 Å². The zero-order chi connectivity index (χ0) is 12.8. The maximum absolute atomic E-state index is 11.8. The molecule has 94 valence electrons. The Morgan fingerprint density at radius 3 is 2.71 bits per heavy atom. The van der Waals surface area contributed by atoms with Crippen molar-refractivity contribution in [3.63, 3.8) is 0 Å².